The van der Waals surface area contributed by atoms with E-state index in [1.807, 2.05) is 12.1 Å². The summed E-state index contributed by atoms with van der Waals surface area (Å²) in [6.45, 7) is 1.79. The van der Waals surface area contributed by atoms with Crippen LogP contribution >= 0.6 is 0 Å². The average Bonchev–Trinajstić information content (AvgIpc) is 2.46. The largest absolute Gasteiger partial charge is 0.496 e. The molecule has 0 unspecified atom stereocenters. The zero-order valence-electron chi connectivity index (χ0n) is 11.9. The Kier molecular flexibility index (Phi) is 7.07. The van der Waals surface area contributed by atoms with Crippen LogP contribution in [-0.2, 0) is 6.54 Å². The van der Waals surface area contributed by atoms with E-state index in [2.05, 4.69) is 5.32 Å². The molecule has 0 spiro atoms. The highest BCUT2D eigenvalue weighted by molar-refractivity contribution is 5.50. The van der Waals surface area contributed by atoms with Gasteiger partial charge in [0.1, 0.15) is 5.75 Å². The Morgan fingerprint density at radius 3 is 2.16 bits per heavy atom. The number of aliphatic hydroxyl groups excluding tert-OH is 1. The van der Waals surface area contributed by atoms with Gasteiger partial charge in [-0.3, -0.25) is 0 Å². The van der Waals surface area contributed by atoms with Gasteiger partial charge in [0.15, 0.2) is 11.5 Å². The Hall–Kier alpha value is -1.46. The van der Waals surface area contributed by atoms with Crippen molar-refractivity contribution in [1.29, 1.82) is 0 Å². The molecule has 19 heavy (non-hydrogen) atoms. The number of methoxy groups -OCH3 is 3. The molecule has 0 aromatic heterocycles. The molecule has 0 aliphatic carbocycles. The van der Waals surface area contributed by atoms with Crippen molar-refractivity contribution >= 4 is 0 Å². The van der Waals surface area contributed by atoms with Crippen molar-refractivity contribution in [1.82, 2.24) is 5.32 Å². The Morgan fingerprint density at radius 1 is 0.947 bits per heavy atom. The molecule has 1 aromatic carbocycles. The van der Waals surface area contributed by atoms with E-state index < -0.39 is 0 Å². The second-order valence-corrected chi connectivity index (χ2v) is 4.13. The fourth-order valence-corrected chi connectivity index (χ4v) is 1.82. The standard InChI is InChI=1S/C14H23NO4/c1-17-12-9-14(19-3)13(18-2)8-11(12)10-15-6-4-5-7-16/h8-9,15-16H,4-7,10H2,1-3H3. The Bertz CT molecular complexity index is 382. The highest BCUT2D eigenvalue weighted by atomic mass is 16.5. The van der Waals surface area contributed by atoms with Crippen LogP contribution in [-0.4, -0.2) is 39.6 Å². The van der Waals surface area contributed by atoms with Gasteiger partial charge in [-0.05, 0) is 25.5 Å². The molecule has 1 aromatic rings. The van der Waals surface area contributed by atoms with E-state index in [0.717, 1.165) is 30.7 Å². The lowest BCUT2D eigenvalue weighted by molar-refractivity contribution is 0.283. The average molecular weight is 269 g/mol. The molecule has 0 fully saturated rings. The summed E-state index contributed by atoms with van der Waals surface area (Å²) in [6.07, 6.45) is 1.77. The summed E-state index contributed by atoms with van der Waals surface area (Å²) in [4.78, 5) is 0. The third-order valence-electron chi connectivity index (χ3n) is 2.86. The van der Waals surface area contributed by atoms with E-state index >= 15 is 0 Å². The van der Waals surface area contributed by atoms with E-state index in [9.17, 15) is 0 Å². The van der Waals surface area contributed by atoms with Crippen molar-refractivity contribution < 1.29 is 19.3 Å². The first kappa shape index (κ1) is 15.6. The number of benzene rings is 1. The molecule has 0 radical (unpaired) electrons. The van der Waals surface area contributed by atoms with Crippen molar-refractivity contribution in [3.05, 3.63) is 17.7 Å². The van der Waals surface area contributed by atoms with Gasteiger partial charge in [0.25, 0.3) is 0 Å². The van der Waals surface area contributed by atoms with E-state index in [1.165, 1.54) is 0 Å². The fourth-order valence-electron chi connectivity index (χ4n) is 1.82. The van der Waals surface area contributed by atoms with Gasteiger partial charge < -0.3 is 24.6 Å². The molecule has 0 saturated heterocycles. The van der Waals surface area contributed by atoms with Gasteiger partial charge in [0, 0.05) is 24.8 Å². The summed E-state index contributed by atoms with van der Waals surface area (Å²) in [7, 11) is 4.85. The zero-order valence-corrected chi connectivity index (χ0v) is 11.9. The van der Waals surface area contributed by atoms with Crippen LogP contribution in [0.4, 0.5) is 0 Å². The predicted octanol–water partition coefficient (Wildman–Crippen LogP) is 1.57. The molecule has 5 heteroatoms. The molecule has 0 bridgehead atoms. The van der Waals surface area contributed by atoms with Crippen molar-refractivity contribution in [2.75, 3.05) is 34.5 Å². The van der Waals surface area contributed by atoms with Gasteiger partial charge in [-0.2, -0.15) is 0 Å². The van der Waals surface area contributed by atoms with Crippen molar-refractivity contribution in [3.63, 3.8) is 0 Å². The number of hydrogen-bond acceptors (Lipinski definition) is 5. The Morgan fingerprint density at radius 2 is 1.58 bits per heavy atom. The first-order chi connectivity index (χ1) is 9.26. The molecule has 0 amide bonds. The minimum Gasteiger partial charge on any atom is -0.496 e. The van der Waals surface area contributed by atoms with Gasteiger partial charge in [-0.25, -0.2) is 0 Å². The van der Waals surface area contributed by atoms with E-state index in [4.69, 9.17) is 19.3 Å². The fraction of sp³-hybridized carbons (Fsp3) is 0.571. The van der Waals surface area contributed by atoms with Crippen LogP contribution in [0, 0.1) is 0 Å². The lowest BCUT2D eigenvalue weighted by atomic mass is 10.1. The summed E-state index contributed by atoms with van der Waals surface area (Å²) < 4.78 is 15.9. The predicted molar refractivity (Wildman–Crippen MR) is 74.1 cm³/mol. The minimum absolute atomic E-state index is 0.237. The Balaban J connectivity index is 2.70. The molecule has 5 nitrogen and oxygen atoms in total. The van der Waals surface area contributed by atoms with Crippen LogP contribution in [0.5, 0.6) is 17.2 Å². The molecule has 0 heterocycles. The number of nitrogens with one attached hydrogen (secondary N) is 1. The van der Waals surface area contributed by atoms with Gasteiger partial charge >= 0.3 is 0 Å². The van der Waals surface area contributed by atoms with Crippen molar-refractivity contribution in [2.45, 2.75) is 19.4 Å². The lowest BCUT2D eigenvalue weighted by Gasteiger charge is -2.14. The summed E-state index contributed by atoms with van der Waals surface area (Å²) in [5, 5.41) is 12.0. The molecular weight excluding hydrogens is 246 g/mol. The quantitative estimate of drug-likeness (QED) is 0.666. The van der Waals surface area contributed by atoms with Crippen LogP contribution in [0.3, 0.4) is 0 Å². The maximum absolute atomic E-state index is 8.71. The van der Waals surface area contributed by atoms with Crippen LogP contribution in [0.15, 0.2) is 12.1 Å². The van der Waals surface area contributed by atoms with Crippen LogP contribution in [0.25, 0.3) is 0 Å². The minimum atomic E-state index is 0.237. The summed E-state index contributed by atoms with van der Waals surface area (Å²) >= 11 is 0. The highest BCUT2D eigenvalue weighted by Gasteiger charge is 2.11. The third-order valence-corrected chi connectivity index (χ3v) is 2.86. The van der Waals surface area contributed by atoms with E-state index in [-0.39, 0.29) is 6.61 Å². The summed E-state index contributed by atoms with van der Waals surface area (Å²) in [6, 6.07) is 3.74. The third kappa shape index (κ3) is 4.61. The second-order valence-electron chi connectivity index (χ2n) is 4.13. The van der Waals surface area contributed by atoms with Crippen LogP contribution in [0.1, 0.15) is 18.4 Å². The van der Waals surface area contributed by atoms with Crippen molar-refractivity contribution in [2.24, 2.45) is 0 Å². The molecule has 0 aliphatic rings. The number of aliphatic hydroxyl groups is 1. The lowest BCUT2D eigenvalue weighted by Crippen LogP contribution is -2.15. The molecule has 0 saturated carbocycles. The number of ether oxygens (including phenoxy) is 3. The monoisotopic (exact) mass is 269 g/mol. The summed E-state index contributed by atoms with van der Waals surface area (Å²) in [5.41, 5.74) is 1.02. The second kappa shape index (κ2) is 8.61. The first-order valence-electron chi connectivity index (χ1n) is 6.37. The van der Waals surface area contributed by atoms with Crippen molar-refractivity contribution in [3.8, 4) is 17.2 Å². The zero-order chi connectivity index (χ0) is 14.1. The molecule has 108 valence electrons. The van der Waals surface area contributed by atoms with Gasteiger partial charge in [-0.1, -0.05) is 0 Å². The molecular formula is C14H23NO4. The van der Waals surface area contributed by atoms with Gasteiger partial charge in [-0.15, -0.1) is 0 Å². The molecule has 0 atom stereocenters. The first-order valence-corrected chi connectivity index (χ1v) is 6.37. The maximum atomic E-state index is 8.71. The number of hydrogen-bond donors (Lipinski definition) is 2. The SMILES string of the molecule is COc1cc(OC)c(OC)cc1CNCCCCO. The maximum Gasteiger partial charge on any atom is 0.164 e. The van der Waals surface area contributed by atoms with Gasteiger partial charge in [0.2, 0.25) is 0 Å². The molecule has 2 N–H and O–H groups in total. The smallest absolute Gasteiger partial charge is 0.164 e. The highest BCUT2D eigenvalue weighted by Crippen LogP contribution is 2.34. The Labute approximate surface area is 114 Å². The van der Waals surface area contributed by atoms with Crippen LogP contribution in [0.2, 0.25) is 0 Å². The molecule has 0 aliphatic heterocycles. The number of unbranched alkanes of at least 4 members (excludes halogenated alkanes) is 1. The van der Waals surface area contributed by atoms with Gasteiger partial charge in [0.05, 0.1) is 21.3 Å². The van der Waals surface area contributed by atoms with E-state index in [1.54, 1.807) is 21.3 Å². The van der Waals surface area contributed by atoms with Crippen LogP contribution < -0.4 is 19.5 Å². The van der Waals surface area contributed by atoms with E-state index in [0.29, 0.717) is 18.0 Å². The topological polar surface area (TPSA) is 60.0 Å². The normalized spacial score (nSPS) is 10.3. The summed E-state index contributed by atoms with van der Waals surface area (Å²) in [5.74, 6) is 2.12. The molecule has 1 rings (SSSR count). The number of rotatable bonds is 9.